The number of halogens is 2. The number of nitrogens with zero attached hydrogens (tertiary/aromatic N) is 3. The van der Waals surface area contributed by atoms with Crippen molar-refractivity contribution in [1.82, 2.24) is 19.9 Å². The Morgan fingerprint density at radius 1 is 1.13 bits per heavy atom. The van der Waals surface area contributed by atoms with Crippen molar-refractivity contribution in [2.45, 2.75) is 24.3 Å². The topological polar surface area (TPSA) is 132 Å². The molecule has 0 aliphatic carbocycles. The van der Waals surface area contributed by atoms with E-state index in [1.165, 1.54) is 30.3 Å². The van der Waals surface area contributed by atoms with Gasteiger partial charge in [-0.15, -0.1) is 0 Å². The van der Waals surface area contributed by atoms with Crippen molar-refractivity contribution < 1.29 is 22.3 Å². The number of hydrogen-bond donors (Lipinski definition) is 2. The van der Waals surface area contributed by atoms with E-state index in [9.17, 15) is 22.4 Å². The summed E-state index contributed by atoms with van der Waals surface area (Å²) in [6, 6.07) is 9.48. The van der Waals surface area contributed by atoms with Gasteiger partial charge in [0.15, 0.2) is 0 Å². The molecule has 10 nitrogen and oxygen atoms in total. The monoisotopic (exact) mass is 559 g/mol. The SMILES string of the molecule is CNC(=O)CCCn1cnc2ccc(-c3cnc(OC)c(NS(=O)(=O)c4ccc(F)cc4Cl)c3)cc2c1=O. The lowest BCUT2D eigenvalue weighted by Crippen LogP contribution is -2.22. The molecule has 4 aromatic rings. The average molecular weight is 560 g/mol. The zero-order valence-corrected chi connectivity index (χ0v) is 21.9. The van der Waals surface area contributed by atoms with Gasteiger partial charge in [-0.05, 0) is 48.4 Å². The number of benzene rings is 2. The van der Waals surface area contributed by atoms with Crippen LogP contribution in [0.3, 0.4) is 0 Å². The van der Waals surface area contributed by atoms with Crippen LogP contribution < -0.4 is 20.3 Å². The summed E-state index contributed by atoms with van der Waals surface area (Å²) >= 11 is 5.96. The van der Waals surface area contributed by atoms with Crippen LogP contribution in [0, 0.1) is 5.82 Å². The summed E-state index contributed by atoms with van der Waals surface area (Å²) in [5.41, 5.74) is 1.29. The Bertz CT molecular complexity index is 1690. The number of anilines is 1. The number of pyridine rings is 1. The maximum Gasteiger partial charge on any atom is 0.263 e. The fraction of sp³-hybridized carbons (Fsp3) is 0.200. The second-order valence-electron chi connectivity index (χ2n) is 8.21. The van der Waals surface area contributed by atoms with Crippen LogP contribution in [0.25, 0.3) is 22.0 Å². The molecule has 0 aliphatic heterocycles. The summed E-state index contributed by atoms with van der Waals surface area (Å²) in [5.74, 6) is -0.794. The zero-order chi connectivity index (χ0) is 27.4. The number of sulfonamides is 1. The number of carbonyl (C=O) groups is 1. The summed E-state index contributed by atoms with van der Waals surface area (Å²) in [7, 11) is -1.33. The smallest absolute Gasteiger partial charge is 0.263 e. The normalized spacial score (nSPS) is 11.4. The molecule has 0 fully saturated rings. The van der Waals surface area contributed by atoms with Gasteiger partial charge in [-0.25, -0.2) is 22.8 Å². The summed E-state index contributed by atoms with van der Waals surface area (Å²) in [6.07, 6.45) is 3.66. The van der Waals surface area contributed by atoms with Crippen LogP contribution in [0.2, 0.25) is 5.02 Å². The number of aryl methyl sites for hydroxylation is 1. The van der Waals surface area contributed by atoms with Crippen LogP contribution >= 0.6 is 11.6 Å². The highest BCUT2D eigenvalue weighted by Crippen LogP contribution is 2.32. The van der Waals surface area contributed by atoms with Crippen LogP contribution in [-0.2, 0) is 21.4 Å². The average Bonchev–Trinajstić information content (AvgIpc) is 2.89. The molecule has 4 rings (SSSR count). The predicted octanol–water partition coefficient (Wildman–Crippen LogP) is 3.59. The molecular formula is C25H23ClFN5O5S. The number of ether oxygens (including phenoxy) is 1. The zero-order valence-electron chi connectivity index (χ0n) is 20.4. The molecule has 38 heavy (non-hydrogen) atoms. The van der Waals surface area contributed by atoms with Crippen molar-refractivity contribution in [2.75, 3.05) is 18.9 Å². The third kappa shape index (κ3) is 5.76. The number of methoxy groups -OCH3 is 1. The highest BCUT2D eigenvalue weighted by molar-refractivity contribution is 7.92. The Labute approximate surface area is 222 Å². The first kappa shape index (κ1) is 27.0. The number of fused-ring (bicyclic) bond motifs is 1. The maximum absolute atomic E-state index is 13.4. The molecule has 0 bridgehead atoms. The molecular weight excluding hydrogens is 537 g/mol. The van der Waals surface area contributed by atoms with Crippen molar-refractivity contribution in [2.24, 2.45) is 0 Å². The van der Waals surface area contributed by atoms with Gasteiger partial charge in [-0.1, -0.05) is 17.7 Å². The highest BCUT2D eigenvalue weighted by Gasteiger charge is 2.21. The molecule has 2 aromatic carbocycles. The second kappa shape index (κ2) is 11.2. The summed E-state index contributed by atoms with van der Waals surface area (Å²) < 4.78 is 48.4. The van der Waals surface area contributed by atoms with E-state index in [2.05, 4.69) is 20.0 Å². The summed E-state index contributed by atoms with van der Waals surface area (Å²) in [4.78, 5) is 32.8. The number of hydrogen-bond acceptors (Lipinski definition) is 7. The fourth-order valence-electron chi connectivity index (χ4n) is 3.77. The summed E-state index contributed by atoms with van der Waals surface area (Å²) in [6.45, 7) is 0.321. The Balaban J connectivity index is 1.69. The molecule has 0 unspecified atom stereocenters. The molecule has 1 amide bonds. The van der Waals surface area contributed by atoms with Gasteiger partial charge >= 0.3 is 0 Å². The molecule has 0 radical (unpaired) electrons. The van der Waals surface area contributed by atoms with Crippen LogP contribution in [-0.4, -0.2) is 43.0 Å². The fourth-order valence-corrected chi connectivity index (χ4v) is 5.35. The van der Waals surface area contributed by atoms with Gasteiger partial charge in [0.05, 0.1) is 29.4 Å². The molecule has 2 aromatic heterocycles. The molecule has 0 spiro atoms. The van der Waals surface area contributed by atoms with Crippen LogP contribution in [0.5, 0.6) is 5.88 Å². The largest absolute Gasteiger partial charge is 0.480 e. The Kier molecular flexibility index (Phi) is 7.93. The van der Waals surface area contributed by atoms with E-state index in [0.29, 0.717) is 35.0 Å². The lowest BCUT2D eigenvalue weighted by atomic mass is 10.1. The Hall–Kier alpha value is -4.03. The minimum absolute atomic E-state index is 0.00325. The standard InChI is InChI=1S/C25H23ClFN5O5S/c1-28-23(33)4-3-9-32-14-30-20-7-5-15(10-18(20)25(32)34)16-11-21(24(37-2)29-13-16)31-38(35,36)22-8-6-17(27)12-19(22)26/h5-8,10-14,31H,3-4,9H2,1-2H3,(H,28,33). The van der Waals surface area contributed by atoms with Gasteiger partial charge in [-0.2, -0.15) is 0 Å². The predicted molar refractivity (Wildman–Crippen MR) is 141 cm³/mol. The van der Waals surface area contributed by atoms with Gasteiger partial charge in [0.25, 0.3) is 15.6 Å². The Morgan fingerprint density at radius 2 is 1.92 bits per heavy atom. The van der Waals surface area contributed by atoms with E-state index in [1.54, 1.807) is 25.2 Å². The first-order valence-corrected chi connectivity index (χ1v) is 13.2. The number of nitrogens with one attached hydrogen (secondary N) is 2. The number of rotatable bonds is 9. The Morgan fingerprint density at radius 3 is 2.63 bits per heavy atom. The van der Waals surface area contributed by atoms with Gasteiger partial charge in [-0.3, -0.25) is 18.9 Å². The van der Waals surface area contributed by atoms with Gasteiger partial charge < -0.3 is 10.1 Å². The quantitative estimate of drug-likeness (QED) is 0.320. The third-order valence-electron chi connectivity index (χ3n) is 5.71. The third-order valence-corrected chi connectivity index (χ3v) is 7.56. The maximum atomic E-state index is 13.4. The second-order valence-corrected chi connectivity index (χ2v) is 10.3. The summed E-state index contributed by atoms with van der Waals surface area (Å²) in [5, 5.41) is 2.61. The minimum atomic E-state index is -4.22. The van der Waals surface area contributed by atoms with E-state index in [1.807, 2.05) is 0 Å². The van der Waals surface area contributed by atoms with Crippen molar-refractivity contribution in [1.29, 1.82) is 0 Å². The highest BCUT2D eigenvalue weighted by atomic mass is 35.5. The van der Waals surface area contributed by atoms with E-state index in [0.717, 1.165) is 18.2 Å². The lowest BCUT2D eigenvalue weighted by molar-refractivity contribution is -0.120. The lowest BCUT2D eigenvalue weighted by Gasteiger charge is -2.14. The van der Waals surface area contributed by atoms with Crippen molar-refractivity contribution in [3.63, 3.8) is 0 Å². The van der Waals surface area contributed by atoms with Gasteiger partial charge in [0.2, 0.25) is 11.8 Å². The first-order valence-electron chi connectivity index (χ1n) is 11.3. The number of amides is 1. The van der Waals surface area contributed by atoms with E-state index < -0.39 is 15.8 Å². The van der Waals surface area contributed by atoms with E-state index in [-0.39, 0.29) is 39.4 Å². The number of carbonyl (C=O) groups excluding carboxylic acids is 1. The van der Waals surface area contributed by atoms with E-state index >= 15 is 0 Å². The molecule has 2 N–H and O–H groups in total. The van der Waals surface area contributed by atoms with Crippen LogP contribution in [0.15, 0.2) is 64.7 Å². The molecule has 13 heteroatoms. The molecule has 0 aliphatic rings. The van der Waals surface area contributed by atoms with Crippen molar-refractivity contribution in [3.8, 4) is 17.0 Å². The number of aromatic nitrogens is 3. The van der Waals surface area contributed by atoms with Gasteiger partial charge in [0, 0.05) is 31.8 Å². The van der Waals surface area contributed by atoms with Gasteiger partial charge in [0.1, 0.15) is 16.4 Å². The first-order chi connectivity index (χ1) is 18.1. The van der Waals surface area contributed by atoms with Crippen molar-refractivity contribution >= 4 is 44.1 Å². The van der Waals surface area contributed by atoms with Crippen LogP contribution in [0.1, 0.15) is 12.8 Å². The van der Waals surface area contributed by atoms with E-state index in [4.69, 9.17) is 16.3 Å². The molecule has 0 atom stereocenters. The molecule has 0 saturated heterocycles. The minimum Gasteiger partial charge on any atom is -0.480 e. The molecule has 198 valence electrons. The van der Waals surface area contributed by atoms with Crippen LogP contribution in [0.4, 0.5) is 10.1 Å². The molecule has 0 saturated carbocycles. The van der Waals surface area contributed by atoms with Crippen molar-refractivity contribution in [3.05, 3.63) is 76.2 Å². The molecule has 2 heterocycles.